The molecule has 39 heavy (non-hydrogen) atoms. The second kappa shape index (κ2) is 9.79. The molecule has 1 aliphatic rings. The predicted octanol–water partition coefficient (Wildman–Crippen LogP) is 2.61. The molecule has 1 heterocycles. The molecule has 19 heteroatoms. The van der Waals surface area contributed by atoms with Crippen LogP contribution in [0.2, 0.25) is 0 Å². The van der Waals surface area contributed by atoms with Crippen LogP contribution in [0.15, 0.2) is 75.6 Å². The Kier molecular flexibility index (Phi) is 6.83. The predicted molar refractivity (Wildman–Crippen MR) is 135 cm³/mol. The van der Waals surface area contributed by atoms with Gasteiger partial charge in [-0.1, -0.05) is 0 Å². The highest BCUT2D eigenvalue weighted by atomic mass is 32.2. The third-order valence-corrected chi connectivity index (χ3v) is 7.02. The van der Waals surface area contributed by atoms with Gasteiger partial charge in [0.2, 0.25) is 0 Å². The van der Waals surface area contributed by atoms with Gasteiger partial charge in [-0.05, 0) is 36.4 Å². The minimum Gasteiger partial charge on any atom is -0.494 e. The van der Waals surface area contributed by atoms with E-state index in [1.165, 1.54) is 37.4 Å². The number of non-ortho nitro benzene ring substituents is 2. The first-order valence-corrected chi connectivity index (χ1v) is 13.2. The molecule has 0 bridgehead atoms. The number of hydrogen-bond donors (Lipinski definition) is 2. The maximum Gasteiger partial charge on any atom is 0.296 e. The van der Waals surface area contributed by atoms with E-state index in [0.29, 0.717) is 6.07 Å². The average Bonchev–Trinajstić information content (AvgIpc) is 3.31. The molecule has 0 radical (unpaired) electrons. The summed E-state index contributed by atoms with van der Waals surface area (Å²) in [6, 6.07) is 10.8. The number of hydrogen-bond acceptors (Lipinski definition) is 13. The molecule has 3 aromatic rings. The van der Waals surface area contributed by atoms with Crippen molar-refractivity contribution >= 4 is 55.0 Å². The topological polar surface area (TPSA) is 226 Å². The molecule has 0 aromatic heterocycles. The van der Waals surface area contributed by atoms with Crippen molar-refractivity contribution in [2.75, 3.05) is 22.4 Å². The largest absolute Gasteiger partial charge is 0.494 e. The van der Waals surface area contributed by atoms with E-state index in [-0.39, 0.29) is 34.2 Å². The number of nitro benzene ring substituents is 2. The van der Waals surface area contributed by atoms with E-state index < -0.39 is 39.9 Å². The summed E-state index contributed by atoms with van der Waals surface area (Å²) >= 11 is 0. The molecular weight excluding hydrogens is 564 g/mol. The van der Waals surface area contributed by atoms with Crippen molar-refractivity contribution in [3.05, 3.63) is 80.9 Å². The Hall–Kier alpha value is -4.85. The maximum atomic E-state index is 12.2. The monoisotopic (exact) mass is 580 g/mol. The summed E-state index contributed by atoms with van der Waals surface area (Å²) in [6.45, 7) is 0. The Morgan fingerprint density at radius 3 is 1.95 bits per heavy atom. The highest BCUT2D eigenvalue weighted by Gasteiger charge is 2.35. The molecule has 0 unspecified atom stereocenters. The molecular formula is C20H16N6O11S2. The van der Waals surface area contributed by atoms with Gasteiger partial charge >= 0.3 is 0 Å². The summed E-state index contributed by atoms with van der Waals surface area (Å²) in [5.74, 6) is -0.0884. The van der Waals surface area contributed by atoms with Crippen molar-refractivity contribution in [3.63, 3.8) is 0 Å². The van der Waals surface area contributed by atoms with Gasteiger partial charge < -0.3 is 4.74 Å². The lowest BCUT2D eigenvalue weighted by Gasteiger charge is -2.35. The quantitative estimate of drug-likeness (QED) is 0.222. The smallest absolute Gasteiger partial charge is 0.296 e. The van der Waals surface area contributed by atoms with Crippen molar-refractivity contribution in [1.29, 1.82) is 0 Å². The van der Waals surface area contributed by atoms with Crippen LogP contribution in [0.5, 0.6) is 5.75 Å². The molecule has 2 N–H and O–H groups in total. The average molecular weight is 581 g/mol. The fourth-order valence-corrected chi connectivity index (χ4v) is 4.83. The van der Waals surface area contributed by atoms with Crippen LogP contribution in [0.25, 0.3) is 0 Å². The van der Waals surface area contributed by atoms with E-state index in [2.05, 4.69) is 5.10 Å². The first-order valence-electron chi connectivity index (χ1n) is 10.3. The van der Waals surface area contributed by atoms with Crippen molar-refractivity contribution in [2.45, 2.75) is 9.79 Å². The Morgan fingerprint density at radius 2 is 1.41 bits per heavy atom. The van der Waals surface area contributed by atoms with Crippen LogP contribution in [0.3, 0.4) is 0 Å². The normalized spacial score (nSPS) is 13.6. The van der Waals surface area contributed by atoms with Gasteiger partial charge in [-0.3, -0.25) is 29.3 Å². The summed E-state index contributed by atoms with van der Waals surface area (Å²) in [5, 5.41) is 29.9. The first kappa shape index (κ1) is 27.2. The molecule has 0 saturated carbocycles. The third kappa shape index (κ3) is 5.27. The van der Waals surface area contributed by atoms with Gasteiger partial charge in [0.05, 0.1) is 39.3 Å². The molecule has 0 saturated heterocycles. The second-order valence-corrected chi connectivity index (χ2v) is 10.4. The minimum atomic E-state index is -5.11. The zero-order chi connectivity index (χ0) is 28.7. The van der Waals surface area contributed by atoms with E-state index in [9.17, 15) is 46.2 Å². The van der Waals surface area contributed by atoms with Crippen LogP contribution in [-0.4, -0.2) is 49.2 Å². The van der Waals surface area contributed by atoms with E-state index in [1.807, 2.05) is 0 Å². The molecule has 0 fully saturated rings. The Labute approximate surface area is 219 Å². The summed E-state index contributed by atoms with van der Waals surface area (Å²) < 4.78 is 72.3. The number of nitro groups is 2. The van der Waals surface area contributed by atoms with Crippen LogP contribution >= 0.6 is 0 Å². The molecule has 17 nitrogen and oxygen atoms in total. The second-order valence-electron chi connectivity index (χ2n) is 7.62. The van der Waals surface area contributed by atoms with Gasteiger partial charge in [-0.15, -0.1) is 5.10 Å². The molecule has 0 atom stereocenters. The van der Waals surface area contributed by atoms with Crippen molar-refractivity contribution < 1.29 is 40.5 Å². The van der Waals surface area contributed by atoms with E-state index in [1.54, 1.807) is 0 Å². The molecule has 0 amide bonds. The summed E-state index contributed by atoms with van der Waals surface area (Å²) in [7, 11) is -8.77. The lowest BCUT2D eigenvalue weighted by atomic mass is 10.2. The summed E-state index contributed by atoms with van der Waals surface area (Å²) in [4.78, 5) is 19.3. The Balaban J connectivity index is 1.95. The molecule has 4 rings (SSSR count). The Bertz CT molecular complexity index is 1730. The number of anilines is 3. The Morgan fingerprint density at radius 1 is 0.821 bits per heavy atom. The van der Waals surface area contributed by atoms with Crippen LogP contribution in [0, 0.1) is 20.2 Å². The van der Waals surface area contributed by atoms with E-state index in [0.717, 1.165) is 45.8 Å². The highest BCUT2D eigenvalue weighted by molar-refractivity contribution is 7.86. The number of nitrogens with zero attached hydrogens (tertiary/aromatic N) is 6. The zero-order valence-electron chi connectivity index (χ0n) is 19.4. The van der Waals surface area contributed by atoms with Crippen LogP contribution < -0.4 is 20.0 Å². The number of rotatable bonds is 8. The van der Waals surface area contributed by atoms with E-state index >= 15 is 0 Å². The highest BCUT2D eigenvalue weighted by Crippen LogP contribution is 2.40. The van der Waals surface area contributed by atoms with Crippen molar-refractivity contribution in [3.8, 4) is 5.75 Å². The van der Waals surface area contributed by atoms with Crippen LogP contribution in [-0.2, 0) is 20.2 Å². The van der Waals surface area contributed by atoms with Gasteiger partial charge in [0, 0.05) is 18.2 Å². The van der Waals surface area contributed by atoms with Gasteiger partial charge in [-0.25, -0.2) is 5.01 Å². The summed E-state index contributed by atoms with van der Waals surface area (Å²) in [6.07, 6.45) is 1.05. The van der Waals surface area contributed by atoms with Crippen molar-refractivity contribution in [2.24, 2.45) is 5.10 Å². The third-order valence-electron chi connectivity index (χ3n) is 5.29. The zero-order valence-corrected chi connectivity index (χ0v) is 21.1. The fraction of sp³-hybridized carbons (Fsp3) is 0.0500. The van der Waals surface area contributed by atoms with Gasteiger partial charge in [-0.2, -0.15) is 27.1 Å². The number of methoxy groups -OCH3 is 1. The number of hydrazone groups is 1. The van der Waals surface area contributed by atoms with Gasteiger partial charge in [0.25, 0.3) is 31.6 Å². The first-order chi connectivity index (χ1) is 18.2. The van der Waals surface area contributed by atoms with Gasteiger partial charge in [0.1, 0.15) is 16.9 Å². The van der Waals surface area contributed by atoms with E-state index in [4.69, 9.17) is 4.74 Å². The standard InChI is InChI=1S/C20H16N6O11S2/c1-37-19-10-15(26(29)30)6-8-17(19)24-22(12-21-23(24)13-2-4-14(5-3-13)25(27)28)18-9-7-16(38(31,32)33)11-20(18)39(34,35)36/h2-12H,1H3,(H,31,32,33)(H,34,35,36). The number of benzene rings is 3. The van der Waals surface area contributed by atoms with Crippen LogP contribution in [0.4, 0.5) is 28.4 Å². The SMILES string of the molecule is COc1cc([N+](=O)[O-])ccc1N1N(c2ccc(S(=O)(=O)O)cc2S(=O)(=O)O)C=NN1c1ccc([N+](=O)[O-])cc1. The minimum absolute atomic E-state index is 0.0408. The molecule has 204 valence electrons. The molecule has 0 spiro atoms. The maximum absolute atomic E-state index is 12.2. The van der Waals surface area contributed by atoms with Crippen molar-refractivity contribution in [1.82, 2.24) is 0 Å². The molecule has 1 aliphatic heterocycles. The molecule has 0 aliphatic carbocycles. The lowest BCUT2D eigenvalue weighted by Crippen LogP contribution is -2.47. The van der Waals surface area contributed by atoms with Crippen LogP contribution in [0.1, 0.15) is 0 Å². The summed E-state index contributed by atoms with van der Waals surface area (Å²) in [5.41, 5.74) is -0.715. The fourth-order valence-electron chi connectivity index (χ4n) is 3.55. The lowest BCUT2D eigenvalue weighted by molar-refractivity contribution is -0.385. The number of ether oxygens (including phenoxy) is 1. The number of hydrazine groups is 2. The van der Waals surface area contributed by atoms with Gasteiger partial charge in [0.15, 0.2) is 5.75 Å². The molecule has 3 aromatic carbocycles.